The van der Waals surface area contributed by atoms with Crippen LogP contribution in [-0.4, -0.2) is 19.0 Å². The minimum atomic E-state index is 0.125. The zero-order valence-electron chi connectivity index (χ0n) is 9.96. The first-order valence-electron chi connectivity index (χ1n) is 6.46. The number of hydrogen-bond acceptors (Lipinski definition) is 2. The van der Waals surface area contributed by atoms with Gasteiger partial charge in [0.2, 0.25) is 5.91 Å². The number of rotatable bonds is 1. The van der Waals surface area contributed by atoms with Gasteiger partial charge >= 0.3 is 0 Å². The summed E-state index contributed by atoms with van der Waals surface area (Å²) in [5.41, 5.74) is 3.58. The molecule has 1 atom stereocenters. The lowest BCUT2D eigenvalue weighted by molar-refractivity contribution is -0.115. The summed E-state index contributed by atoms with van der Waals surface area (Å²) in [6.07, 6.45) is 4.26. The van der Waals surface area contributed by atoms with Crippen LogP contribution in [0.2, 0.25) is 0 Å². The Bertz CT molecular complexity index is 434. The lowest BCUT2D eigenvalue weighted by Gasteiger charge is -2.15. The van der Waals surface area contributed by atoms with Crippen molar-refractivity contribution in [1.82, 2.24) is 5.32 Å². The molecular weight excluding hydrogens is 212 g/mol. The average molecular weight is 230 g/mol. The van der Waals surface area contributed by atoms with E-state index in [1.165, 1.54) is 30.4 Å². The Hall–Kier alpha value is -1.35. The minimum absolute atomic E-state index is 0.125. The number of benzene rings is 1. The molecule has 3 nitrogen and oxygen atoms in total. The van der Waals surface area contributed by atoms with E-state index in [1.807, 2.05) is 0 Å². The van der Waals surface area contributed by atoms with E-state index in [9.17, 15) is 4.79 Å². The molecule has 1 saturated heterocycles. The molecule has 1 aromatic rings. The van der Waals surface area contributed by atoms with Gasteiger partial charge in [-0.3, -0.25) is 4.79 Å². The van der Waals surface area contributed by atoms with Crippen LogP contribution in [0.3, 0.4) is 0 Å². The van der Waals surface area contributed by atoms with Crippen molar-refractivity contribution in [3.05, 3.63) is 29.3 Å². The number of fused-ring (bicyclic) bond motifs is 1. The predicted molar refractivity (Wildman–Crippen MR) is 68.2 cm³/mol. The summed E-state index contributed by atoms with van der Waals surface area (Å²) >= 11 is 0. The highest BCUT2D eigenvalue weighted by Crippen LogP contribution is 2.31. The maximum Gasteiger partial charge on any atom is 0.228 e. The third kappa shape index (κ3) is 2.20. The second-order valence-corrected chi connectivity index (χ2v) is 5.02. The highest BCUT2D eigenvalue weighted by Gasteiger charge is 2.20. The maximum absolute atomic E-state index is 11.3. The van der Waals surface area contributed by atoms with Gasteiger partial charge in [-0.15, -0.1) is 0 Å². The van der Waals surface area contributed by atoms with E-state index in [1.54, 1.807) is 0 Å². The molecule has 2 heterocycles. The largest absolute Gasteiger partial charge is 0.326 e. The van der Waals surface area contributed by atoms with Gasteiger partial charge in [-0.25, -0.2) is 0 Å². The van der Waals surface area contributed by atoms with Crippen molar-refractivity contribution in [1.29, 1.82) is 0 Å². The zero-order chi connectivity index (χ0) is 11.7. The number of carbonyl (C=O) groups is 1. The summed E-state index contributed by atoms with van der Waals surface area (Å²) in [5.74, 6) is 0.783. The normalized spacial score (nSPS) is 24.0. The SMILES string of the molecule is O=C1Cc2cc(C3CCCNCC3)ccc2N1. The van der Waals surface area contributed by atoms with Crippen molar-refractivity contribution >= 4 is 11.6 Å². The molecule has 2 aliphatic heterocycles. The maximum atomic E-state index is 11.3. The van der Waals surface area contributed by atoms with Gasteiger partial charge in [0.05, 0.1) is 6.42 Å². The van der Waals surface area contributed by atoms with Crippen LogP contribution in [0.5, 0.6) is 0 Å². The quantitative estimate of drug-likeness (QED) is 0.775. The molecule has 0 bridgehead atoms. The highest BCUT2D eigenvalue weighted by molar-refractivity contribution is 5.99. The lowest BCUT2D eigenvalue weighted by atomic mass is 9.90. The molecule has 0 spiro atoms. The fourth-order valence-corrected chi connectivity index (χ4v) is 2.86. The Morgan fingerprint density at radius 3 is 3.06 bits per heavy atom. The molecule has 3 heteroatoms. The molecule has 0 radical (unpaired) electrons. The molecule has 17 heavy (non-hydrogen) atoms. The monoisotopic (exact) mass is 230 g/mol. The number of nitrogens with one attached hydrogen (secondary N) is 2. The van der Waals surface area contributed by atoms with Crippen molar-refractivity contribution in [2.24, 2.45) is 0 Å². The van der Waals surface area contributed by atoms with Gasteiger partial charge in [0.25, 0.3) is 0 Å². The van der Waals surface area contributed by atoms with Crippen molar-refractivity contribution in [2.75, 3.05) is 18.4 Å². The molecule has 1 amide bonds. The summed E-state index contributed by atoms with van der Waals surface area (Å²) in [7, 11) is 0. The third-order valence-corrected chi connectivity index (χ3v) is 3.80. The Morgan fingerprint density at radius 1 is 1.18 bits per heavy atom. The molecule has 2 N–H and O–H groups in total. The van der Waals surface area contributed by atoms with E-state index < -0.39 is 0 Å². The van der Waals surface area contributed by atoms with Crippen molar-refractivity contribution in [3.63, 3.8) is 0 Å². The first-order chi connectivity index (χ1) is 8.33. The molecule has 0 aromatic heterocycles. The summed E-state index contributed by atoms with van der Waals surface area (Å²) in [5, 5.41) is 6.33. The molecule has 0 saturated carbocycles. The van der Waals surface area contributed by atoms with Crippen molar-refractivity contribution in [3.8, 4) is 0 Å². The summed E-state index contributed by atoms with van der Waals surface area (Å²) < 4.78 is 0. The van der Waals surface area contributed by atoms with Crippen LogP contribution in [0.15, 0.2) is 18.2 Å². The van der Waals surface area contributed by atoms with E-state index in [0.717, 1.165) is 18.8 Å². The highest BCUT2D eigenvalue weighted by atomic mass is 16.1. The first kappa shape index (κ1) is 10.8. The van der Waals surface area contributed by atoms with Gasteiger partial charge in [0.1, 0.15) is 0 Å². The average Bonchev–Trinajstić information content (AvgIpc) is 2.53. The van der Waals surface area contributed by atoms with Crippen LogP contribution in [0, 0.1) is 0 Å². The third-order valence-electron chi connectivity index (χ3n) is 3.80. The van der Waals surface area contributed by atoms with Gasteiger partial charge in [0.15, 0.2) is 0 Å². The van der Waals surface area contributed by atoms with Crippen LogP contribution in [0.25, 0.3) is 0 Å². The molecule has 1 fully saturated rings. The van der Waals surface area contributed by atoms with E-state index in [2.05, 4.69) is 28.8 Å². The Morgan fingerprint density at radius 2 is 2.12 bits per heavy atom. The topological polar surface area (TPSA) is 41.1 Å². The van der Waals surface area contributed by atoms with Crippen LogP contribution < -0.4 is 10.6 Å². The van der Waals surface area contributed by atoms with Gasteiger partial charge < -0.3 is 10.6 Å². The smallest absolute Gasteiger partial charge is 0.228 e. The molecule has 1 aromatic carbocycles. The molecule has 3 rings (SSSR count). The number of hydrogen-bond donors (Lipinski definition) is 2. The van der Waals surface area contributed by atoms with Crippen LogP contribution in [0.4, 0.5) is 5.69 Å². The fraction of sp³-hybridized carbons (Fsp3) is 0.500. The Balaban J connectivity index is 1.84. The molecule has 1 unspecified atom stereocenters. The number of anilines is 1. The number of amides is 1. The van der Waals surface area contributed by atoms with E-state index >= 15 is 0 Å². The minimum Gasteiger partial charge on any atom is -0.326 e. The predicted octanol–water partition coefficient (Wildman–Crippen LogP) is 2.04. The fourth-order valence-electron chi connectivity index (χ4n) is 2.86. The summed E-state index contributed by atoms with van der Waals surface area (Å²) in [6.45, 7) is 2.25. The zero-order valence-corrected chi connectivity index (χ0v) is 9.96. The van der Waals surface area contributed by atoms with E-state index in [-0.39, 0.29) is 5.91 Å². The van der Waals surface area contributed by atoms with Crippen LogP contribution >= 0.6 is 0 Å². The van der Waals surface area contributed by atoms with Crippen molar-refractivity contribution < 1.29 is 4.79 Å². The summed E-state index contributed by atoms with van der Waals surface area (Å²) in [6, 6.07) is 6.47. The molecule has 0 aliphatic carbocycles. The Labute approximate surface area is 102 Å². The number of carbonyl (C=O) groups excluding carboxylic acids is 1. The molecule has 2 aliphatic rings. The first-order valence-corrected chi connectivity index (χ1v) is 6.46. The molecular formula is C14H18N2O. The summed E-state index contributed by atoms with van der Waals surface area (Å²) in [4.78, 5) is 11.3. The van der Waals surface area contributed by atoms with Gasteiger partial charge in [-0.2, -0.15) is 0 Å². The van der Waals surface area contributed by atoms with Gasteiger partial charge in [-0.1, -0.05) is 12.1 Å². The standard InChI is InChI=1S/C14H18N2O/c17-14-9-12-8-11(3-4-13(12)16-14)10-2-1-6-15-7-5-10/h3-4,8,10,15H,1-2,5-7,9H2,(H,16,17). The molecule has 90 valence electrons. The van der Waals surface area contributed by atoms with E-state index in [4.69, 9.17) is 0 Å². The Kier molecular flexibility index (Phi) is 2.85. The van der Waals surface area contributed by atoms with Crippen LogP contribution in [-0.2, 0) is 11.2 Å². The van der Waals surface area contributed by atoms with Gasteiger partial charge in [0, 0.05) is 5.69 Å². The van der Waals surface area contributed by atoms with E-state index in [0.29, 0.717) is 12.3 Å². The van der Waals surface area contributed by atoms with Gasteiger partial charge in [-0.05, 0) is 55.5 Å². The second kappa shape index (κ2) is 4.49. The van der Waals surface area contributed by atoms with Crippen LogP contribution in [0.1, 0.15) is 36.3 Å². The van der Waals surface area contributed by atoms with Crippen molar-refractivity contribution in [2.45, 2.75) is 31.6 Å². The lowest BCUT2D eigenvalue weighted by Crippen LogP contribution is -2.13. The second-order valence-electron chi connectivity index (χ2n) is 5.02.